The van der Waals surface area contributed by atoms with Gasteiger partial charge in [0, 0.05) is 5.56 Å². The molecular weight excluding hydrogens is 251 g/mol. The maximum atomic E-state index is 14.1. The van der Waals surface area contributed by atoms with Gasteiger partial charge in [-0.1, -0.05) is 30.3 Å². The van der Waals surface area contributed by atoms with Crippen LogP contribution in [0.1, 0.15) is 18.8 Å². The molecule has 0 saturated carbocycles. The van der Waals surface area contributed by atoms with Crippen LogP contribution in [0.5, 0.6) is 0 Å². The molecular formula is C14H17FO4. The first-order chi connectivity index (χ1) is 9.16. The lowest BCUT2D eigenvalue weighted by Crippen LogP contribution is -2.59. The van der Waals surface area contributed by atoms with E-state index in [2.05, 4.69) is 0 Å². The first-order valence-corrected chi connectivity index (χ1v) is 6.46. The zero-order valence-electron chi connectivity index (χ0n) is 10.6. The molecule has 0 spiro atoms. The highest BCUT2D eigenvalue weighted by atomic mass is 19.1. The van der Waals surface area contributed by atoms with E-state index in [1.54, 1.807) is 6.92 Å². The van der Waals surface area contributed by atoms with E-state index in [-0.39, 0.29) is 6.61 Å². The third-order valence-corrected chi connectivity index (χ3v) is 3.64. The van der Waals surface area contributed by atoms with Gasteiger partial charge in [0.2, 0.25) is 0 Å². The highest BCUT2D eigenvalue weighted by Crippen LogP contribution is 2.34. The van der Waals surface area contributed by atoms with E-state index < -0.39 is 36.9 Å². The summed E-state index contributed by atoms with van der Waals surface area (Å²) in [5, 5.41) is 9.72. The number of benzene rings is 1. The second-order valence-electron chi connectivity index (χ2n) is 4.99. The minimum atomic E-state index is -1.45. The number of halogens is 1. The molecule has 1 N–H and O–H groups in total. The van der Waals surface area contributed by atoms with Crippen molar-refractivity contribution in [1.82, 2.24) is 0 Å². The van der Waals surface area contributed by atoms with Crippen molar-refractivity contribution in [3.8, 4) is 0 Å². The zero-order chi connectivity index (χ0) is 13.4. The largest absolute Gasteiger partial charge is 0.387 e. The lowest BCUT2D eigenvalue weighted by atomic mass is 9.96. The standard InChI is InChI=1S/C14H17FO4/c1-8-12(16)11(15)13-10(18-8)7-17-14(19-13)9-5-3-2-4-6-9/h2-6,8,10-14,16H,7H2,1H3/t8?,10-,11+,12+,13-,14-/m1/s1. The summed E-state index contributed by atoms with van der Waals surface area (Å²) in [7, 11) is 0. The molecule has 2 aliphatic rings. The number of aliphatic hydroxyl groups is 1. The Kier molecular flexibility index (Phi) is 3.54. The minimum Gasteiger partial charge on any atom is -0.387 e. The number of ether oxygens (including phenoxy) is 3. The lowest BCUT2D eigenvalue weighted by Gasteiger charge is -2.44. The van der Waals surface area contributed by atoms with Crippen LogP contribution in [0.2, 0.25) is 0 Å². The van der Waals surface area contributed by atoms with Gasteiger partial charge in [-0.25, -0.2) is 4.39 Å². The molecule has 1 aromatic carbocycles. The normalized spacial score (nSPS) is 42.7. The number of hydrogen-bond donors (Lipinski definition) is 1. The van der Waals surface area contributed by atoms with Crippen molar-refractivity contribution in [2.45, 2.75) is 43.8 Å². The molecule has 2 saturated heterocycles. The van der Waals surface area contributed by atoms with Crippen LogP contribution in [0.4, 0.5) is 4.39 Å². The topological polar surface area (TPSA) is 47.9 Å². The maximum absolute atomic E-state index is 14.1. The summed E-state index contributed by atoms with van der Waals surface area (Å²) < 4.78 is 30.9. The van der Waals surface area contributed by atoms with Gasteiger partial charge < -0.3 is 19.3 Å². The molecule has 6 atom stereocenters. The van der Waals surface area contributed by atoms with Crippen molar-refractivity contribution in [2.75, 3.05) is 6.61 Å². The van der Waals surface area contributed by atoms with Crippen LogP contribution in [-0.4, -0.2) is 42.3 Å². The molecule has 3 rings (SSSR count). The SMILES string of the molecule is CC1O[C@@H]2CO[C@@H](c3ccccc3)O[C@H]2[C@@H](F)[C@H]1O. The summed E-state index contributed by atoms with van der Waals surface area (Å²) in [6.45, 7) is 1.92. The Morgan fingerprint density at radius 1 is 1.21 bits per heavy atom. The lowest BCUT2D eigenvalue weighted by molar-refractivity contribution is -0.317. The summed E-state index contributed by atoms with van der Waals surface area (Å²) in [5.41, 5.74) is 0.835. The molecule has 104 valence electrons. The molecule has 19 heavy (non-hydrogen) atoms. The molecule has 0 aliphatic carbocycles. The van der Waals surface area contributed by atoms with Crippen LogP contribution in [0.25, 0.3) is 0 Å². The monoisotopic (exact) mass is 268 g/mol. The molecule has 2 fully saturated rings. The molecule has 0 bridgehead atoms. The quantitative estimate of drug-likeness (QED) is 0.840. The second kappa shape index (κ2) is 5.17. The van der Waals surface area contributed by atoms with E-state index in [1.165, 1.54) is 0 Å². The first-order valence-electron chi connectivity index (χ1n) is 6.46. The average molecular weight is 268 g/mol. The van der Waals surface area contributed by atoms with Gasteiger partial charge in [0.1, 0.15) is 18.3 Å². The third-order valence-electron chi connectivity index (χ3n) is 3.64. The van der Waals surface area contributed by atoms with Crippen molar-refractivity contribution in [3.05, 3.63) is 35.9 Å². The molecule has 1 aromatic rings. The van der Waals surface area contributed by atoms with Crippen molar-refractivity contribution in [1.29, 1.82) is 0 Å². The van der Waals surface area contributed by atoms with Crippen LogP contribution in [0.15, 0.2) is 30.3 Å². The molecule has 5 heteroatoms. The summed E-state index contributed by atoms with van der Waals surface area (Å²) in [6, 6.07) is 9.36. The van der Waals surface area contributed by atoms with E-state index >= 15 is 0 Å². The van der Waals surface area contributed by atoms with Crippen LogP contribution in [0, 0.1) is 0 Å². The summed E-state index contributed by atoms with van der Waals surface area (Å²) in [5.74, 6) is 0. The zero-order valence-corrected chi connectivity index (χ0v) is 10.6. The molecule has 4 nitrogen and oxygen atoms in total. The van der Waals surface area contributed by atoms with Crippen LogP contribution < -0.4 is 0 Å². The fraction of sp³-hybridized carbons (Fsp3) is 0.571. The predicted octanol–water partition coefficient (Wildman–Crippen LogP) is 1.59. The Morgan fingerprint density at radius 2 is 1.95 bits per heavy atom. The van der Waals surface area contributed by atoms with Gasteiger partial charge in [-0.3, -0.25) is 0 Å². The molecule has 2 heterocycles. The van der Waals surface area contributed by atoms with Gasteiger partial charge >= 0.3 is 0 Å². The fourth-order valence-corrected chi connectivity index (χ4v) is 2.54. The van der Waals surface area contributed by atoms with Gasteiger partial charge in [-0.2, -0.15) is 0 Å². The Hall–Kier alpha value is -1.01. The molecule has 2 aliphatic heterocycles. The fourth-order valence-electron chi connectivity index (χ4n) is 2.54. The number of aliphatic hydroxyl groups excluding tert-OH is 1. The van der Waals surface area contributed by atoms with Gasteiger partial charge in [0.05, 0.1) is 12.7 Å². The highest BCUT2D eigenvalue weighted by molar-refractivity contribution is 5.16. The second-order valence-corrected chi connectivity index (χ2v) is 4.99. The Labute approximate surface area is 111 Å². The number of hydrogen-bond acceptors (Lipinski definition) is 4. The summed E-state index contributed by atoms with van der Waals surface area (Å²) in [4.78, 5) is 0. The highest BCUT2D eigenvalue weighted by Gasteiger charge is 2.48. The van der Waals surface area contributed by atoms with Gasteiger partial charge in [-0.05, 0) is 6.92 Å². The van der Waals surface area contributed by atoms with E-state index in [1.807, 2.05) is 30.3 Å². The number of alkyl halides is 1. The number of fused-ring (bicyclic) bond motifs is 1. The van der Waals surface area contributed by atoms with Gasteiger partial charge in [-0.15, -0.1) is 0 Å². The average Bonchev–Trinajstić information content (AvgIpc) is 2.46. The van der Waals surface area contributed by atoms with Crippen molar-refractivity contribution in [3.63, 3.8) is 0 Å². The van der Waals surface area contributed by atoms with E-state index in [0.29, 0.717) is 0 Å². The van der Waals surface area contributed by atoms with Crippen LogP contribution >= 0.6 is 0 Å². The molecule has 0 radical (unpaired) electrons. The first kappa shape index (κ1) is 13.0. The maximum Gasteiger partial charge on any atom is 0.184 e. The summed E-state index contributed by atoms with van der Waals surface area (Å²) >= 11 is 0. The Morgan fingerprint density at radius 3 is 2.68 bits per heavy atom. The van der Waals surface area contributed by atoms with Gasteiger partial charge in [0.15, 0.2) is 12.5 Å². The Balaban J connectivity index is 1.75. The molecule has 1 unspecified atom stereocenters. The minimum absolute atomic E-state index is 0.266. The van der Waals surface area contributed by atoms with Crippen LogP contribution in [0.3, 0.4) is 0 Å². The van der Waals surface area contributed by atoms with Crippen LogP contribution in [-0.2, 0) is 14.2 Å². The molecule has 0 aromatic heterocycles. The summed E-state index contributed by atoms with van der Waals surface area (Å²) in [6.07, 6.45) is -5.01. The Bertz CT molecular complexity index is 425. The smallest absolute Gasteiger partial charge is 0.184 e. The van der Waals surface area contributed by atoms with Crippen molar-refractivity contribution >= 4 is 0 Å². The number of rotatable bonds is 1. The van der Waals surface area contributed by atoms with Crippen molar-refractivity contribution < 1.29 is 23.7 Å². The third kappa shape index (κ3) is 2.39. The molecule has 0 amide bonds. The van der Waals surface area contributed by atoms with E-state index in [0.717, 1.165) is 5.56 Å². The van der Waals surface area contributed by atoms with E-state index in [9.17, 15) is 9.50 Å². The van der Waals surface area contributed by atoms with Gasteiger partial charge in [0.25, 0.3) is 0 Å². The predicted molar refractivity (Wildman–Crippen MR) is 65.2 cm³/mol. The van der Waals surface area contributed by atoms with Crippen molar-refractivity contribution in [2.24, 2.45) is 0 Å². The van der Waals surface area contributed by atoms with E-state index in [4.69, 9.17) is 14.2 Å².